The molecule has 1 aromatic heterocycles. The van der Waals surface area contributed by atoms with Crippen LogP contribution < -0.4 is 16.1 Å². The molecule has 7 nitrogen and oxygen atoms in total. The molecular weight excluding hydrogens is 418 g/mol. The average Bonchev–Trinajstić information content (AvgIpc) is 3.05. The number of fused-ring (bicyclic) bond motifs is 1. The Morgan fingerprint density at radius 2 is 1.88 bits per heavy atom. The van der Waals surface area contributed by atoms with Gasteiger partial charge in [-0.05, 0) is 42.3 Å². The topological polar surface area (TPSA) is 98.3 Å². The van der Waals surface area contributed by atoms with Gasteiger partial charge in [-0.2, -0.15) is 0 Å². The third-order valence-electron chi connectivity index (χ3n) is 4.64. The lowest BCUT2D eigenvalue weighted by Crippen LogP contribution is -2.47. The second-order valence-electron chi connectivity index (χ2n) is 7.35. The minimum Gasteiger partial charge on any atom is -0.508 e. The quantitative estimate of drug-likeness (QED) is 0.486. The zero-order valence-corrected chi connectivity index (χ0v) is 18.5. The Bertz CT molecular complexity index is 1380. The van der Waals surface area contributed by atoms with E-state index in [0.717, 1.165) is 5.56 Å². The maximum Gasteiger partial charge on any atom is 0.271 e. The number of hydrogen-bond donors (Lipinski definition) is 1. The van der Waals surface area contributed by atoms with Crippen molar-refractivity contribution >= 4 is 30.0 Å². The molecule has 0 unspecified atom stereocenters. The number of nitro groups is 1. The van der Waals surface area contributed by atoms with Crippen LogP contribution in [-0.2, 0) is 0 Å². The lowest BCUT2D eigenvalue weighted by Gasteiger charge is -2.10. The smallest absolute Gasteiger partial charge is 0.271 e. The van der Waals surface area contributed by atoms with Gasteiger partial charge in [0, 0.05) is 12.1 Å². The van der Waals surface area contributed by atoms with E-state index in [-0.39, 0.29) is 17.0 Å². The van der Waals surface area contributed by atoms with Gasteiger partial charge in [0.15, 0.2) is 0 Å². The van der Waals surface area contributed by atoms with Crippen molar-refractivity contribution in [2.75, 3.05) is 0 Å². The normalized spacial score (nSPS) is 12.1. The summed E-state index contributed by atoms with van der Waals surface area (Å²) in [6.45, 7) is 4.25. The summed E-state index contributed by atoms with van der Waals surface area (Å²) in [5.41, 5.74) is 0.754. The molecule has 0 spiro atoms. The molecule has 7 heteroatoms. The summed E-state index contributed by atoms with van der Waals surface area (Å²) < 4.78 is 1.37. The van der Waals surface area contributed by atoms with E-state index < -0.39 is 4.92 Å². The molecule has 0 aliphatic heterocycles. The van der Waals surface area contributed by atoms with E-state index in [1.807, 2.05) is 12.2 Å². The molecule has 4 rings (SSSR count). The Balaban J connectivity index is 0.000000968. The number of hydrogen-bond acceptors (Lipinski definition) is 5. The largest absolute Gasteiger partial charge is 0.508 e. The van der Waals surface area contributed by atoms with Crippen LogP contribution >= 0.6 is 0 Å². The molecule has 0 saturated heterocycles. The van der Waals surface area contributed by atoms with Gasteiger partial charge < -0.3 is 5.11 Å². The predicted molar refractivity (Wildman–Crippen MR) is 131 cm³/mol. The van der Waals surface area contributed by atoms with Crippen LogP contribution in [-0.4, -0.2) is 19.6 Å². The Morgan fingerprint density at radius 1 is 1.15 bits per heavy atom. The van der Waals surface area contributed by atoms with Crippen LogP contribution in [0.4, 0.5) is 5.69 Å². The number of phenolic OH excluding ortho intramolecular Hbond substituents is 1. The highest BCUT2D eigenvalue weighted by Gasteiger charge is 2.13. The van der Waals surface area contributed by atoms with Crippen molar-refractivity contribution in [3.05, 3.63) is 103 Å². The van der Waals surface area contributed by atoms with Crippen molar-refractivity contribution in [3.8, 4) is 11.4 Å². The number of aromatic hydroxyl groups is 1. The summed E-state index contributed by atoms with van der Waals surface area (Å²) in [5, 5.41) is 21.7. The van der Waals surface area contributed by atoms with Gasteiger partial charge in [0.25, 0.3) is 11.2 Å². The number of nitrogens with zero attached hydrogens (tertiary/aromatic N) is 3. The number of aromatic nitrogens is 2. The number of benzene rings is 2. The van der Waals surface area contributed by atoms with Crippen LogP contribution in [0.15, 0.2) is 65.5 Å². The first kappa shape index (κ1) is 23.4. The molecule has 0 amide bonds. The maximum atomic E-state index is 13.3. The molecule has 168 valence electrons. The molecule has 2 aromatic carbocycles. The van der Waals surface area contributed by atoms with Gasteiger partial charge in [-0.3, -0.25) is 19.5 Å². The summed E-state index contributed by atoms with van der Waals surface area (Å²) >= 11 is 0. The van der Waals surface area contributed by atoms with Gasteiger partial charge in [-0.15, -0.1) is 0 Å². The summed E-state index contributed by atoms with van der Waals surface area (Å²) in [6.07, 6.45) is 12.6. The number of allylic oxidation sites excluding steroid dienone is 2. The molecule has 0 saturated carbocycles. The Hall–Kier alpha value is -4.26. The molecule has 1 N–H and O–H groups in total. The van der Waals surface area contributed by atoms with Crippen molar-refractivity contribution in [2.24, 2.45) is 0 Å². The van der Waals surface area contributed by atoms with E-state index in [1.54, 1.807) is 54.6 Å². The van der Waals surface area contributed by atoms with E-state index in [2.05, 4.69) is 18.8 Å². The van der Waals surface area contributed by atoms with Gasteiger partial charge in [-0.1, -0.05) is 62.8 Å². The van der Waals surface area contributed by atoms with Crippen molar-refractivity contribution in [3.63, 3.8) is 0 Å². The fraction of sp³-hybridized carbons (Fsp3) is 0.154. The third kappa shape index (κ3) is 5.71. The Morgan fingerprint density at radius 3 is 2.58 bits per heavy atom. The van der Waals surface area contributed by atoms with Crippen LogP contribution in [0, 0.1) is 10.1 Å². The zero-order chi connectivity index (χ0) is 23.8. The standard InChI is InChI=1S/C23H17N3O4.C3H8/c27-19-12-9-16(10-13-19)11-14-22-24-21-8-3-1-2-7-20(21)23(28)25(22)17-5-4-6-18(15-17)26(29)30;1-3-2/h1,3-15,27H,2H2;3H2,1-2H3/b14-11+;. The SMILES string of the molecule is CCC.O=c1c2c(nc(/C=C/c3ccc(O)cc3)n1-c1cccc([N+](=O)[O-])c1)=CC=CCC=2. The van der Waals surface area contributed by atoms with E-state index in [0.29, 0.717) is 28.5 Å². The minimum atomic E-state index is -0.499. The third-order valence-corrected chi connectivity index (χ3v) is 4.64. The maximum absolute atomic E-state index is 13.3. The fourth-order valence-electron chi connectivity index (χ4n) is 3.17. The predicted octanol–water partition coefficient (Wildman–Crippen LogP) is 3.95. The highest BCUT2D eigenvalue weighted by Crippen LogP contribution is 2.17. The first-order valence-electron chi connectivity index (χ1n) is 10.7. The summed E-state index contributed by atoms with van der Waals surface area (Å²) in [6, 6.07) is 12.5. The fourth-order valence-corrected chi connectivity index (χ4v) is 3.17. The molecule has 1 heterocycles. The lowest BCUT2D eigenvalue weighted by atomic mass is 10.2. The number of non-ortho nitro benzene ring substituents is 1. The molecule has 33 heavy (non-hydrogen) atoms. The van der Waals surface area contributed by atoms with Crippen LogP contribution in [0.5, 0.6) is 5.75 Å². The first-order valence-corrected chi connectivity index (χ1v) is 10.7. The Labute approximate surface area is 191 Å². The second kappa shape index (κ2) is 10.9. The van der Waals surface area contributed by atoms with Crippen LogP contribution in [0.2, 0.25) is 0 Å². The number of nitro benzene ring substituents is 1. The van der Waals surface area contributed by atoms with Gasteiger partial charge in [0.1, 0.15) is 11.6 Å². The van der Waals surface area contributed by atoms with Crippen molar-refractivity contribution in [1.82, 2.24) is 9.55 Å². The number of rotatable bonds is 4. The van der Waals surface area contributed by atoms with E-state index >= 15 is 0 Å². The molecular formula is C26H25N3O4. The molecule has 0 radical (unpaired) electrons. The minimum absolute atomic E-state index is 0.111. The Kier molecular flexibility index (Phi) is 7.70. The average molecular weight is 444 g/mol. The lowest BCUT2D eigenvalue weighted by molar-refractivity contribution is -0.384. The van der Waals surface area contributed by atoms with Crippen LogP contribution in [0.25, 0.3) is 30.0 Å². The summed E-state index contributed by atoms with van der Waals surface area (Å²) in [7, 11) is 0. The molecule has 1 aliphatic carbocycles. The summed E-state index contributed by atoms with van der Waals surface area (Å²) in [5.74, 6) is 0.494. The molecule has 0 fully saturated rings. The molecule has 0 bridgehead atoms. The zero-order valence-electron chi connectivity index (χ0n) is 18.5. The second-order valence-corrected chi connectivity index (χ2v) is 7.35. The van der Waals surface area contributed by atoms with Gasteiger partial charge in [-0.25, -0.2) is 4.98 Å². The van der Waals surface area contributed by atoms with Crippen molar-refractivity contribution < 1.29 is 10.0 Å². The first-order chi connectivity index (χ1) is 15.9. The van der Waals surface area contributed by atoms with Crippen molar-refractivity contribution in [2.45, 2.75) is 26.7 Å². The van der Waals surface area contributed by atoms with Crippen LogP contribution in [0.1, 0.15) is 38.1 Å². The van der Waals surface area contributed by atoms with E-state index in [4.69, 9.17) is 0 Å². The molecule has 1 aliphatic rings. The highest BCUT2D eigenvalue weighted by atomic mass is 16.6. The van der Waals surface area contributed by atoms with Gasteiger partial charge >= 0.3 is 0 Å². The highest BCUT2D eigenvalue weighted by molar-refractivity contribution is 5.68. The van der Waals surface area contributed by atoms with Gasteiger partial charge in [0.2, 0.25) is 0 Å². The summed E-state index contributed by atoms with van der Waals surface area (Å²) in [4.78, 5) is 28.7. The van der Waals surface area contributed by atoms with E-state index in [1.165, 1.54) is 29.2 Å². The van der Waals surface area contributed by atoms with Crippen molar-refractivity contribution in [1.29, 1.82) is 0 Å². The monoisotopic (exact) mass is 443 g/mol. The molecule has 0 atom stereocenters. The molecule has 3 aromatic rings. The number of phenols is 1. The van der Waals surface area contributed by atoms with E-state index in [9.17, 15) is 20.0 Å². The van der Waals surface area contributed by atoms with Crippen LogP contribution in [0.3, 0.4) is 0 Å². The van der Waals surface area contributed by atoms with Gasteiger partial charge in [0.05, 0.1) is 21.2 Å².